The van der Waals surface area contributed by atoms with Gasteiger partial charge in [0.05, 0.1) is 5.52 Å². The summed E-state index contributed by atoms with van der Waals surface area (Å²) in [7, 11) is 0. The summed E-state index contributed by atoms with van der Waals surface area (Å²) in [6.45, 7) is 5.43. The Bertz CT molecular complexity index is 840. The van der Waals surface area contributed by atoms with Crippen molar-refractivity contribution in [3.63, 3.8) is 0 Å². The highest BCUT2D eigenvalue weighted by molar-refractivity contribution is 5.92. The molecule has 0 unspecified atom stereocenters. The predicted octanol–water partition coefficient (Wildman–Crippen LogP) is 3.36. The molecule has 0 aliphatic heterocycles. The van der Waals surface area contributed by atoms with Crippen molar-refractivity contribution in [3.05, 3.63) is 36.1 Å². The van der Waals surface area contributed by atoms with Crippen molar-refractivity contribution in [1.82, 2.24) is 10.2 Å². The zero-order chi connectivity index (χ0) is 15.9. The molecule has 22 heavy (non-hydrogen) atoms. The summed E-state index contributed by atoms with van der Waals surface area (Å²) in [4.78, 5) is 12.0. The molecule has 2 heterocycles. The number of benzene rings is 1. The van der Waals surface area contributed by atoms with E-state index in [2.05, 4.69) is 10.2 Å². The molecule has 1 aromatic carbocycles. The lowest BCUT2D eigenvalue weighted by molar-refractivity contribution is 0.00369. The summed E-state index contributed by atoms with van der Waals surface area (Å²) in [5.74, 6) is 0.687. The second kappa shape index (κ2) is 4.91. The second-order valence-corrected chi connectivity index (χ2v) is 6.03. The third-order valence-corrected chi connectivity index (χ3v) is 3.08. The molecule has 114 valence electrons. The van der Waals surface area contributed by atoms with E-state index >= 15 is 0 Å². The fraction of sp³-hybridized carbons (Fsp3) is 0.250. The molecule has 0 bridgehead atoms. The quantitative estimate of drug-likeness (QED) is 0.707. The minimum absolute atomic E-state index is 0.171. The van der Waals surface area contributed by atoms with Crippen LogP contribution in [0.2, 0.25) is 0 Å². The fourth-order valence-electron chi connectivity index (χ4n) is 2.12. The summed E-state index contributed by atoms with van der Waals surface area (Å²) < 4.78 is 10.9. The monoisotopic (exact) mass is 299 g/mol. The normalized spacial score (nSPS) is 11.8. The number of nitrogens with zero attached hydrogens (tertiary/aromatic N) is 1. The van der Waals surface area contributed by atoms with Gasteiger partial charge in [-0.05, 0) is 51.1 Å². The lowest BCUT2D eigenvalue weighted by Gasteiger charge is -2.18. The van der Waals surface area contributed by atoms with Gasteiger partial charge >= 0.3 is 5.97 Å². The van der Waals surface area contributed by atoms with Crippen LogP contribution in [-0.2, 0) is 4.74 Å². The molecule has 2 aromatic heterocycles. The largest absolute Gasteiger partial charge is 0.454 e. The number of anilines is 1. The zero-order valence-corrected chi connectivity index (χ0v) is 12.6. The summed E-state index contributed by atoms with van der Waals surface area (Å²) in [6, 6.07) is 8.94. The van der Waals surface area contributed by atoms with Crippen LogP contribution < -0.4 is 5.73 Å². The van der Waals surface area contributed by atoms with Crippen LogP contribution in [0.5, 0.6) is 0 Å². The predicted molar refractivity (Wildman–Crippen MR) is 83.4 cm³/mol. The summed E-state index contributed by atoms with van der Waals surface area (Å²) in [6.07, 6.45) is 0. The molecular formula is C16H17N3O3. The van der Waals surface area contributed by atoms with Crippen molar-refractivity contribution in [1.29, 1.82) is 0 Å². The molecule has 0 amide bonds. The molecule has 0 radical (unpaired) electrons. The van der Waals surface area contributed by atoms with Gasteiger partial charge in [0.15, 0.2) is 5.82 Å². The number of fused-ring (bicyclic) bond motifs is 1. The Morgan fingerprint density at radius 3 is 2.77 bits per heavy atom. The van der Waals surface area contributed by atoms with Gasteiger partial charge in [0.1, 0.15) is 11.4 Å². The first-order valence-electron chi connectivity index (χ1n) is 6.91. The van der Waals surface area contributed by atoms with Gasteiger partial charge in [-0.25, -0.2) is 4.79 Å². The minimum Gasteiger partial charge on any atom is -0.454 e. The average molecular weight is 299 g/mol. The number of aromatic amines is 1. The second-order valence-electron chi connectivity index (χ2n) is 6.03. The number of nitrogens with two attached hydrogens (primary N) is 1. The maximum Gasteiger partial charge on any atom is 0.374 e. The molecule has 0 atom stereocenters. The van der Waals surface area contributed by atoms with E-state index in [-0.39, 0.29) is 5.76 Å². The van der Waals surface area contributed by atoms with Crippen LogP contribution in [0.3, 0.4) is 0 Å². The van der Waals surface area contributed by atoms with E-state index < -0.39 is 11.6 Å². The number of H-pyrrole nitrogens is 1. The number of hydrogen-bond acceptors (Lipinski definition) is 5. The Morgan fingerprint density at radius 2 is 2.05 bits per heavy atom. The molecule has 0 aliphatic rings. The van der Waals surface area contributed by atoms with Gasteiger partial charge in [0, 0.05) is 10.9 Å². The van der Waals surface area contributed by atoms with Crippen LogP contribution in [0.4, 0.5) is 5.82 Å². The molecular weight excluding hydrogens is 282 g/mol. The van der Waals surface area contributed by atoms with E-state index in [0.717, 1.165) is 16.5 Å². The van der Waals surface area contributed by atoms with Crippen LogP contribution in [-0.4, -0.2) is 21.8 Å². The van der Waals surface area contributed by atoms with Gasteiger partial charge in [-0.15, -0.1) is 0 Å². The smallest absolute Gasteiger partial charge is 0.374 e. The van der Waals surface area contributed by atoms with Gasteiger partial charge in [0.2, 0.25) is 5.76 Å². The zero-order valence-electron chi connectivity index (χ0n) is 12.6. The van der Waals surface area contributed by atoms with Crippen molar-refractivity contribution in [2.45, 2.75) is 26.4 Å². The first-order chi connectivity index (χ1) is 10.3. The lowest BCUT2D eigenvalue weighted by Crippen LogP contribution is -2.23. The number of carbonyl (C=O) groups is 1. The maximum absolute atomic E-state index is 12.0. The van der Waals surface area contributed by atoms with Crippen LogP contribution in [0.15, 0.2) is 34.7 Å². The van der Waals surface area contributed by atoms with E-state index in [1.165, 1.54) is 0 Å². The first-order valence-corrected chi connectivity index (χ1v) is 6.91. The highest BCUT2D eigenvalue weighted by Crippen LogP contribution is 2.28. The Labute approximate surface area is 127 Å². The van der Waals surface area contributed by atoms with Gasteiger partial charge < -0.3 is 14.9 Å². The van der Waals surface area contributed by atoms with Crippen LogP contribution >= 0.6 is 0 Å². The summed E-state index contributed by atoms with van der Waals surface area (Å²) in [5.41, 5.74) is 6.90. The average Bonchev–Trinajstić information content (AvgIpc) is 3.04. The number of rotatable bonds is 2. The van der Waals surface area contributed by atoms with Crippen molar-refractivity contribution in [2.24, 2.45) is 0 Å². The first kappa shape index (κ1) is 14.2. The number of carbonyl (C=O) groups excluding carboxylic acids is 1. The van der Waals surface area contributed by atoms with Crippen molar-refractivity contribution in [3.8, 4) is 11.3 Å². The van der Waals surface area contributed by atoms with Crippen molar-refractivity contribution in [2.75, 3.05) is 5.73 Å². The number of nitrogens with one attached hydrogen (secondary N) is 1. The molecule has 3 aromatic rings. The molecule has 3 rings (SSSR count). The number of nitrogen functional groups attached to an aromatic ring is 1. The molecule has 6 heteroatoms. The number of furan rings is 1. The van der Waals surface area contributed by atoms with Gasteiger partial charge in [0.25, 0.3) is 0 Å². The van der Waals surface area contributed by atoms with Crippen LogP contribution in [0.1, 0.15) is 31.3 Å². The molecule has 0 saturated carbocycles. The molecule has 3 N–H and O–H groups in total. The number of ether oxygens (including phenoxy) is 1. The van der Waals surface area contributed by atoms with E-state index in [9.17, 15) is 4.79 Å². The van der Waals surface area contributed by atoms with Crippen LogP contribution in [0.25, 0.3) is 22.2 Å². The fourth-order valence-corrected chi connectivity index (χ4v) is 2.12. The number of esters is 1. The van der Waals surface area contributed by atoms with Gasteiger partial charge in [-0.2, -0.15) is 5.10 Å². The molecule has 0 fully saturated rings. The SMILES string of the molecule is CC(C)(C)OC(=O)c1ccc(-c2ccc3[nH]nc(N)c3c2)o1. The van der Waals surface area contributed by atoms with Gasteiger partial charge in [-0.3, -0.25) is 5.10 Å². The van der Waals surface area contributed by atoms with Crippen molar-refractivity contribution >= 4 is 22.7 Å². The third-order valence-electron chi connectivity index (χ3n) is 3.08. The Hall–Kier alpha value is -2.76. The summed E-state index contributed by atoms with van der Waals surface area (Å²) >= 11 is 0. The molecule has 0 aliphatic carbocycles. The Kier molecular flexibility index (Phi) is 3.16. The van der Waals surface area contributed by atoms with E-state index in [1.54, 1.807) is 12.1 Å². The van der Waals surface area contributed by atoms with E-state index in [0.29, 0.717) is 11.6 Å². The lowest BCUT2D eigenvalue weighted by atomic mass is 10.1. The molecule has 0 saturated heterocycles. The molecule has 6 nitrogen and oxygen atoms in total. The summed E-state index contributed by atoms with van der Waals surface area (Å²) in [5, 5.41) is 7.60. The van der Waals surface area contributed by atoms with E-state index in [4.69, 9.17) is 14.9 Å². The maximum atomic E-state index is 12.0. The Morgan fingerprint density at radius 1 is 1.27 bits per heavy atom. The highest BCUT2D eigenvalue weighted by Gasteiger charge is 2.21. The number of aromatic nitrogens is 2. The number of hydrogen-bond donors (Lipinski definition) is 2. The van der Waals surface area contributed by atoms with E-state index in [1.807, 2.05) is 39.0 Å². The topological polar surface area (TPSA) is 94.1 Å². The highest BCUT2D eigenvalue weighted by atomic mass is 16.6. The molecule has 0 spiro atoms. The standard InChI is InChI=1S/C16H17N3O3/c1-16(2,3)22-15(20)13-7-6-12(21-13)9-4-5-11-10(8-9)14(17)19-18-11/h4-8H,1-3H3,(H3,17,18,19). The third kappa shape index (κ3) is 2.67. The minimum atomic E-state index is -0.561. The van der Waals surface area contributed by atoms with Crippen LogP contribution in [0, 0.1) is 0 Å². The van der Waals surface area contributed by atoms with Crippen molar-refractivity contribution < 1.29 is 13.9 Å². The Balaban J connectivity index is 1.92. The van der Waals surface area contributed by atoms with Gasteiger partial charge in [-0.1, -0.05) is 0 Å².